The van der Waals surface area contributed by atoms with Crippen LogP contribution in [0.3, 0.4) is 0 Å². The summed E-state index contributed by atoms with van der Waals surface area (Å²) in [6.07, 6.45) is 3.15. The number of hydrogen-bond donors (Lipinski definition) is 3. The molecule has 172 valence electrons. The summed E-state index contributed by atoms with van der Waals surface area (Å²) in [6.45, 7) is 2.45. The molecule has 0 bridgehead atoms. The van der Waals surface area contributed by atoms with Crippen molar-refractivity contribution < 1.29 is 14.0 Å². The van der Waals surface area contributed by atoms with Crippen LogP contribution in [0.2, 0.25) is 5.02 Å². The Morgan fingerprint density at radius 1 is 1.09 bits per heavy atom. The molecule has 0 fully saturated rings. The molecule has 3 amide bonds. The van der Waals surface area contributed by atoms with Crippen molar-refractivity contribution in [1.82, 2.24) is 14.8 Å². The second-order valence-corrected chi connectivity index (χ2v) is 7.73. The zero-order chi connectivity index (χ0) is 24.2. The largest absolute Gasteiger partial charge is 0.364 e. The van der Waals surface area contributed by atoms with Crippen LogP contribution in [0.25, 0.3) is 22.4 Å². The van der Waals surface area contributed by atoms with Crippen molar-refractivity contribution in [2.75, 3.05) is 10.6 Å². The Bertz CT molecular complexity index is 1370. The Hall–Kier alpha value is -4.24. The van der Waals surface area contributed by atoms with Gasteiger partial charge in [0.2, 0.25) is 0 Å². The van der Waals surface area contributed by atoms with E-state index in [1.807, 2.05) is 6.92 Å². The van der Waals surface area contributed by atoms with Gasteiger partial charge in [0.05, 0.1) is 5.69 Å². The first kappa shape index (κ1) is 22.9. The molecule has 0 unspecified atom stereocenters. The third-order valence-corrected chi connectivity index (χ3v) is 5.26. The first-order chi connectivity index (χ1) is 16.4. The fraction of sp³-hybridized carbons (Fsp3) is 0.0833. The van der Waals surface area contributed by atoms with Gasteiger partial charge in [-0.25, -0.2) is 9.18 Å². The highest BCUT2D eigenvalue weighted by molar-refractivity contribution is 6.30. The van der Waals surface area contributed by atoms with Gasteiger partial charge in [0, 0.05) is 46.3 Å². The molecule has 8 nitrogen and oxygen atoms in total. The second kappa shape index (κ2) is 9.72. The predicted molar refractivity (Wildman–Crippen MR) is 129 cm³/mol. The summed E-state index contributed by atoms with van der Waals surface area (Å²) in [5, 5.41) is 10.2. The van der Waals surface area contributed by atoms with E-state index in [4.69, 9.17) is 17.3 Å². The summed E-state index contributed by atoms with van der Waals surface area (Å²) in [6, 6.07) is 13.8. The summed E-state index contributed by atoms with van der Waals surface area (Å²) in [7, 11) is 0. The molecule has 2 aromatic heterocycles. The smallest absolute Gasteiger partial charge is 0.323 e. The van der Waals surface area contributed by atoms with Gasteiger partial charge in [0.15, 0.2) is 5.82 Å². The number of halogens is 2. The lowest BCUT2D eigenvalue weighted by Gasteiger charge is -2.11. The van der Waals surface area contributed by atoms with Crippen LogP contribution >= 0.6 is 11.6 Å². The lowest BCUT2D eigenvalue weighted by Crippen LogP contribution is -2.20. The van der Waals surface area contributed by atoms with Gasteiger partial charge < -0.3 is 16.4 Å². The van der Waals surface area contributed by atoms with Crippen LogP contribution in [0.15, 0.2) is 67.0 Å². The predicted octanol–water partition coefficient (Wildman–Crippen LogP) is 5.17. The molecule has 2 heterocycles. The maximum absolute atomic E-state index is 15.5. The molecule has 10 heteroatoms. The van der Waals surface area contributed by atoms with Gasteiger partial charge >= 0.3 is 6.03 Å². The van der Waals surface area contributed by atoms with Gasteiger partial charge in [0.1, 0.15) is 11.4 Å². The van der Waals surface area contributed by atoms with Crippen LogP contribution in [0, 0.1) is 5.82 Å². The average Bonchev–Trinajstić information content (AvgIpc) is 3.26. The zero-order valence-corrected chi connectivity index (χ0v) is 18.8. The molecule has 4 rings (SSSR count). The van der Waals surface area contributed by atoms with Gasteiger partial charge in [-0.1, -0.05) is 23.7 Å². The number of urea groups is 1. The quantitative estimate of drug-likeness (QED) is 0.354. The topological polar surface area (TPSA) is 115 Å². The molecule has 0 aliphatic heterocycles. The molecule has 0 aliphatic rings. The molecule has 0 spiro atoms. The van der Waals surface area contributed by atoms with Gasteiger partial charge in [-0.15, -0.1) is 0 Å². The van der Waals surface area contributed by atoms with Crippen LogP contribution in [0.4, 0.5) is 20.6 Å². The minimum atomic E-state index is -0.678. The Balaban J connectivity index is 1.68. The Morgan fingerprint density at radius 3 is 2.56 bits per heavy atom. The molecule has 34 heavy (non-hydrogen) atoms. The molecule has 0 aliphatic carbocycles. The van der Waals surface area contributed by atoms with E-state index in [1.165, 1.54) is 18.3 Å². The SMILES string of the molecule is CCn1cc(-c2cccc(NC(=O)Nc3ccc(Cl)cc3)c2F)c(-c2ccnc(C(N)=O)c2)n1. The fourth-order valence-corrected chi connectivity index (χ4v) is 3.49. The lowest BCUT2D eigenvalue weighted by molar-refractivity contribution is 0.0995. The summed E-state index contributed by atoms with van der Waals surface area (Å²) >= 11 is 5.86. The third kappa shape index (κ3) is 4.89. The fourth-order valence-electron chi connectivity index (χ4n) is 3.36. The molecule has 2 aromatic carbocycles. The molecule has 4 aromatic rings. The number of primary amides is 1. The number of hydrogen-bond acceptors (Lipinski definition) is 4. The zero-order valence-electron chi connectivity index (χ0n) is 18.0. The number of aromatic nitrogens is 3. The molecule has 0 atom stereocenters. The summed E-state index contributed by atoms with van der Waals surface area (Å²) in [5.74, 6) is -1.31. The van der Waals surface area contributed by atoms with Crippen molar-refractivity contribution in [3.05, 3.63) is 83.5 Å². The summed E-state index contributed by atoms with van der Waals surface area (Å²) < 4.78 is 17.2. The molecular weight excluding hydrogens is 459 g/mol. The van der Waals surface area contributed by atoms with Gasteiger partial charge in [-0.3, -0.25) is 14.5 Å². The van der Waals surface area contributed by atoms with Gasteiger partial charge in [0.25, 0.3) is 5.91 Å². The Labute approximate surface area is 199 Å². The highest BCUT2D eigenvalue weighted by Crippen LogP contribution is 2.35. The number of amides is 3. The van der Waals surface area contributed by atoms with E-state index in [-0.39, 0.29) is 16.9 Å². The maximum atomic E-state index is 15.5. The number of anilines is 2. The maximum Gasteiger partial charge on any atom is 0.323 e. The first-order valence-corrected chi connectivity index (χ1v) is 10.7. The highest BCUT2D eigenvalue weighted by atomic mass is 35.5. The number of benzene rings is 2. The summed E-state index contributed by atoms with van der Waals surface area (Å²) in [5.41, 5.74) is 7.66. The summed E-state index contributed by atoms with van der Waals surface area (Å²) in [4.78, 5) is 27.9. The minimum absolute atomic E-state index is 0.00767. The number of rotatable bonds is 6. The third-order valence-electron chi connectivity index (χ3n) is 5.01. The number of pyridine rings is 1. The van der Waals surface area contributed by atoms with Crippen molar-refractivity contribution in [2.45, 2.75) is 13.5 Å². The van der Waals surface area contributed by atoms with E-state index in [2.05, 4.69) is 20.7 Å². The van der Waals surface area contributed by atoms with E-state index >= 15 is 4.39 Å². The van der Waals surface area contributed by atoms with E-state index in [9.17, 15) is 9.59 Å². The van der Waals surface area contributed by atoms with Gasteiger partial charge in [-0.2, -0.15) is 5.10 Å². The lowest BCUT2D eigenvalue weighted by atomic mass is 10.0. The number of nitrogens with zero attached hydrogens (tertiary/aromatic N) is 3. The van der Waals surface area contributed by atoms with Crippen LogP contribution < -0.4 is 16.4 Å². The number of carbonyl (C=O) groups excluding carboxylic acids is 2. The Kier molecular flexibility index (Phi) is 6.55. The Morgan fingerprint density at radius 2 is 1.85 bits per heavy atom. The van der Waals surface area contributed by atoms with Crippen molar-refractivity contribution in [3.63, 3.8) is 0 Å². The normalized spacial score (nSPS) is 10.7. The van der Waals surface area contributed by atoms with Crippen molar-refractivity contribution >= 4 is 34.9 Å². The van der Waals surface area contributed by atoms with E-state index < -0.39 is 17.8 Å². The van der Waals surface area contributed by atoms with E-state index in [0.29, 0.717) is 34.1 Å². The molecule has 0 saturated carbocycles. The van der Waals surface area contributed by atoms with E-state index in [0.717, 1.165) is 0 Å². The second-order valence-electron chi connectivity index (χ2n) is 7.29. The number of aryl methyl sites for hydroxylation is 1. The minimum Gasteiger partial charge on any atom is -0.364 e. The van der Waals surface area contributed by atoms with Crippen LogP contribution in [0.5, 0.6) is 0 Å². The first-order valence-electron chi connectivity index (χ1n) is 10.3. The molecule has 4 N–H and O–H groups in total. The number of carbonyl (C=O) groups is 2. The van der Waals surface area contributed by atoms with Crippen LogP contribution in [0.1, 0.15) is 17.4 Å². The monoisotopic (exact) mass is 478 g/mol. The van der Waals surface area contributed by atoms with E-state index in [1.54, 1.807) is 53.3 Å². The average molecular weight is 479 g/mol. The highest BCUT2D eigenvalue weighted by Gasteiger charge is 2.20. The van der Waals surface area contributed by atoms with Crippen molar-refractivity contribution in [1.29, 1.82) is 0 Å². The van der Waals surface area contributed by atoms with Crippen LogP contribution in [-0.4, -0.2) is 26.7 Å². The van der Waals surface area contributed by atoms with Crippen LogP contribution in [-0.2, 0) is 6.54 Å². The standard InChI is InChI=1S/C24H20ClFN6O2/c1-2-32-13-18(22(31-32)14-10-11-28-20(12-14)23(27)33)17-4-3-5-19(21(17)26)30-24(34)29-16-8-6-15(25)7-9-16/h3-13H,2H2,1H3,(H2,27,33)(H2,29,30,34). The molecular formula is C24H20ClFN6O2. The number of nitrogens with one attached hydrogen (secondary N) is 2. The molecule has 0 saturated heterocycles. The number of nitrogens with two attached hydrogens (primary N) is 1. The van der Waals surface area contributed by atoms with Crippen molar-refractivity contribution in [3.8, 4) is 22.4 Å². The molecule has 0 radical (unpaired) electrons. The van der Waals surface area contributed by atoms with Crippen molar-refractivity contribution in [2.24, 2.45) is 5.73 Å². The van der Waals surface area contributed by atoms with Gasteiger partial charge in [-0.05, 0) is 49.4 Å².